The molecule has 0 fully saturated rings. The predicted octanol–water partition coefficient (Wildman–Crippen LogP) is 3.10. The lowest BCUT2D eigenvalue weighted by molar-refractivity contribution is -0.137. The molecule has 1 heterocycles. The number of amides is 1. The van der Waals surface area contributed by atoms with E-state index >= 15 is 0 Å². The molecule has 0 bridgehead atoms. The maximum Gasteiger partial charge on any atom is 0.303 e. The van der Waals surface area contributed by atoms with Crippen molar-refractivity contribution < 1.29 is 14.7 Å². The second-order valence-corrected chi connectivity index (χ2v) is 6.22. The molecule has 0 aliphatic heterocycles. The molecule has 2 N–H and O–H groups in total. The highest BCUT2D eigenvalue weighted by Crippen LogP contribution is 2.22. The number of rotatable bonds is 6. The number of hydrogen-bond acceptors (Lipinski definition) is 4. The number of aliphatic carboxylic acids is 1. The van der Waals surface area contributed by atoms with Gasteiger partial charge in [-0.2, -0.15) is 0 Å². The van der Waals surface area contributed by atoms with E-state index in [1.807, 2.05) is 37.3 Å². The molecule has 2 aromatic rings. The van der Waals surface area contributed by atoms with E-state index in [9.17, 15) is 9.59 Å². The zero-order valence-corrected chi connectivity index (χ0v) is 13.3. The summed E-state index contributed by atoms with van der Waals surface area (Å²) in [6, 6.07) is 9.08. The van der Waals surface area contributed by atoms with Crippen LogP contribution >= 0.6 is 11.3 Å². The van der Waals surface area contributed by atoms with E-state index in [2.05, 4.69) is 10.3 Å². The number of nitrogens with zero attached hydrogens (tertiary/aromatic N) is 1. The fraction of sp³-hybridized carbons (Fsp3) is 0.312. The van der Waals surface area contributed by atoms with Crippen LogP contribution < -0.4 is 5.32 Å². The first kappa shape index (κ1) is 16.2. The van der Waals surface area contributed by atoms with Crippen LogP contribution in [-0.4, -0.2) is 22.0 Å². The number of nitrogens with one attached hydrogen (secondary N) is 1. The molecule has 1 amide bonds. The topological polar surface area (TPSA) is 79.3 Å². The molecule has 0 spiro atoms. The maximum absolute atomic E-state index is 12.4. The minimum Gasteiger partial charge on any atom is -0.481 e. The monoisotopic (exact) mass is 318 g/mol. The standard InChI is InChI=1S/C16H18N2O3S/c1-10-15(22-11(2)17-10)16(21)18-13(8-9-14(19)20)12-6-4-3-5-7-12/h3-7,13H,8-9H2,1-2H3,(H,18,21)(H,19,20). The van der Waals surface area contributed by atoms with Crippen molar-refractivity contribution in [3.8, 4) is 0 Å². The van der Waals surface area contributed by atoms with Crippen LogP contribution in [0.3, 0.4) is 0 Å². The van der Waals surface area contributed by atoms with Crippen molar-refractivity contribution in [1.29, 1.82) is 0 Å². The van der Waals surface area contributed by atoms with Crippen molar-refractivity contribution >= 4 is 23.2 Å². The van der Waals surface area contributed by atoms with Crippen LogP contribution in [0.4, 0.5) is 0 Å². The molecule has 1 unspecified atom stereocenters. The van der Waals surface area contributed by atoms with Crippen LogP contribution in [0.2, 0.25) is 0 Å². The van der Waals surface area contributed by atoms with E-state index in [-0.39, 0.29) is 18.4 Å². The molecule has 0 saturated heterocycles. The summed E-state index contributed by atoms with van der Waals surface area (Å²) in [5.41, 5.74) is 1.60. The van der Waals surface area contributed by atoms with Gasteiger partial charge in [0, 0.05) is 6.42 Å². The summed E-state index contributed by atoms with van der Waals surface area (Å²) in [5, 5.41) is 12.7. The van der Waals surface area contributed by atoms with Crippen LogP contribution in [0.5, 0.6) is 0 Å². The third-order valence-electron chi connectivity index (χ3n) is 3.26. The molecule has 5 nitrogen and oxygen atoms in total. The van der Waals surface area contributed by atoms with Gasteiger partial charge in [0.1, 0.15) is 4.88 Å². The van der Waals surface area contributed by atoms with Gasteiger partial charge in [0.15, 0.2) is 0 Å². The molecule has 0 saturated carbocycles. The van der Waals surface area contributed by atoms with Crippen LogP contribution in [0.15, 0.2) is 30.3 Å². The first-order valence-corrected chi connectivity index (χ1v) is 7.80. The second kappa shape index (κ2) is 7.17. The second-order valence-electron chi connectivity index (χ2n) is 5.02. The largest absolute Gasteiger partial charge is 0.481 e. The number of thiazole rings is 1. The SMILES string of the molecule is Cc1nc(C)c(C(=O)NC(CCC(=O)O)c2ccccc2)s1. The highest BCUT2D eigenvalue weighted by molar-refractivity contribution is 7.13. The molecular weight excluding hydrogens is 300 g/mol. The average Bonchev–Trinajstić information content (AvgIpc) is 2.83. The van der Waals surface area contributed by atoms with Gasteiger partial charge in [-0.05, 0) is 25.8 Å². The van der Waals surface area contributed by atoms with Crippen molar-refractivity contribution in [3.63, 3.8) is 0 Å². The lowest BCUT2D eigenvalue weighted by atomic mass is 10.0. The first-order valence-electron chi connectivity index (χ1n) is 6.99. The Hall–Kier alpha value is -2.21. The van der Waals surface area contributed by atoms with Gasteiger partial charge < -0.3 is 10.4 Å². The van der Waals surface area contributed by atoms with Crippen LogP contribution in [-0.2, 0) is 4.79 Å². The van der Waals surface area contributed by atoms with E-state index in [0.29, 0.717) is 17.0 Å². The van der Waals surface area contributed by atoms with Crippen LogP contribution in [0, 0.1) is 13.8 Å². The smallest absolute Gasteiger partial charge is 0.303 e. The third kappa shape index (κ3) is 4.14. The highest BCUT2D eigenvalue weighted by atomic mass is 32.1. The van der Waals surface area contributed by atoms with Gasteiger partial charge in [-0.1, -0.05) is 30.3 Å². The minimum atomic E-state index is -0.875. The summed E-state index contributed by atoms with van der Waals surface area (Å²) in [4.78, 5) is 28.1. The van der Waals surface area contributed by atoms with Gasteiger partial charge in [0.05, 0.1) is 16.7 Å². The quantitative estimate of drug-likeness (QED) is 0.858. The van der Waals surface area contributed by atoms with Gasteiger partial charge in [0.2, 0.25) is 0 Å². The Bertz CT molecular complexity index is 667. The molecule has 6 heteroatoms. The van der Waals surface area contributed by atoms with Gasteiger partial charge in [-0.3, -0.25) is 9.59 Å². The number of carbonyl (C=O) groups is 2. The van der Waals surface area contributed by atoms with E-state index in [0.717, 1.165) is 10.6 Å². The van der Waals surface area contributed by atoms with Crippen molar-refractivity contribution in [3.05, 3.63) is 51.5 Å². The normalized spacial score (nSPS) is 11.9. The Kier molecular flexibility index (Phi) is 5.27. The Morgan fingerprint density at radius 1 is 1.27 bits per heavy atom. The molecule has 1 atom stereocenters. The van der Waals surface area contributed by atoms with E-state index < -0.39 is 5.97 Å². The number of carbonyl (C=O) groups excluding carboxylic acids is 1. The molecule has 0 aliphatic carbocycles. The summed E-state index contributed by atoms with van der Waals surface area (Å²) < 4.78 is 0. The summed E-state index contributed by atoms with van der Waals surface area (Å²) >= 11 is 1.34. The molecule has 1 aromatic heterocycles. The third-order valence-corrected chi connectivity index (χ3v) is 4.34. The number of benzene rings is 1. The van der Waals surface area contributed by atoms with Gasteiger partial charge in [-0.25, -0.2) is 4.98 Å². The lowest BCUT2D eigenvalue weighted by Crippen LogP contribution is -2.29. The van der Waals surface area contributed by atoms with Crippen molar-refractivity contribution in [1.82, 2.24) is 10.3 Å². The molecular formula is C16H18N2O3S. The molecule has 0 radical (unpaired) electrons. The predicted molar refractivity (Wildman–Crippen MR) is 85.1 cm³/mol. The number of aromatic nitrogens is 1. The number of carboxylic acids is 1. The van der Waals surface area contributed by atoms with Gasteiger partial charge in [0.25, 0.3) is 5.91 Å². The number of carboxylic acid groups (broad SMARTS) is 1. The van der Waals surface area contributed by atoms with Gasteiger partial charge in [-0.15, -0.1) is 11.3 Å². The van der Waals surface area contributed by atoms with E-state index in [4.69, 9.17) is 5.11 Å². The Morgan fingerprint density at radius 2 is 1.95 bits per heavy atom. The average molecular weight is 318 g/mol. The fourth-order valence-electron chi connectivity index (χ4n) is 2.24. The first-order chi connectivity index (χ1) is 10.5. The fourth-order valence-corrected chi connectivity index (χ4v) is 3.06. The van der Waals surface area contributed by atoms with Crippen LogP contribution in [0.25, 0.3) is 0 Å². The van der Waals surface area contributed by atoms with Crippen molar-refractivity contribution in [2.75, 3.05) is 0 Å². The Balaban J connectivity index is 2.17. The molecule has 116 valence electrons. The summed E-state index contributed by atoms with van der Waals surface area (Å²) in [6.45, 7) is 3.65. The molecule has 2 rings (SSSR count). The number of aryl methyl sites for hydroxylation is 2. The molecule has 1 aromatic carbocycles. The van der Waals surface area contributed by atoms with E-state index in [1.165, 1.54) is 11.3 Å². The Labute approximate surface area is 133 Å². The number of hydrogen-bond donors (Lipinski definition) is 2. The van der Waals surface area contributed by atoms with Crippen LogP contribution in [0.1, 0.15) is 44.8 Å². The summed E-state index contributed by atoms with van der Waals surface area (Å²) in [7, 11) is 0. The van der Waals surface area contributed by atoms with Gasteiger partial charge >= 0.3 is 5.97 Å². The zero-order valence-electron chi connectivity index (χ0n) is 12.5. The summed E-state index contributed by atoms with van der Waals surface area (Å²) in [6.07, 6.45) is 0.350. The molecule has 22 heavy (non-hydrogen) atoms. The summed E-state index contributed by atoms with van der Waals surface area (Å²) in [5.74, 6) is -1.08. The van der Waals surface area contributed by atoms with Crippen molar-refractivity contribution in [2.45, 2.75) is 32.7 Å². The Morgan fingerprint density at radius 3 is 2.50 bits per heavy atom. The van der Waals surface area contributed by atoms with E-state index in [1.54, 1.807) is 6.92 Å². The molecule has 0 aliphatic rings. The lowest BCUT2D eigenvalue weighted by Gasteiger charge is -2.18. The maximum atomic E-state index is 12.4. The van der Waals surface area contributed by atoms with Crippen molar-refractivity contribution in [2.24, 2.45) is 0 Å². The highest BCUT2D eigenvalue weighted by Gasteiger charge is 2.20. The minimum absolute atomic E-state index is 0.000537. The zero-order chi connectivity index (χ0) is 16.1.